The van der Waals surface area contributed by atoms with Gasteiger partial charge in [0.15, 0.2) is 0 Å². The van der Waals surface area contributed by atoms with Crippen molar-refractivity contribution in [1.82, 2.24) is 5.32 Å². The average molecular weight is 398 g/mol. The van der Waals surface area contributed by atoms with Gasteiger partial charge in [0, 0.05) is 17.8 Å². The van der Waals surface area contributed by atoms with E-state index in [1.165, 1.54) is 30.3 Å². The van der Waals surface area contributed by atoms with Gasteiger partial charge in [-0.15, -0.1) is 0 Å². The molecule has 0 heterocycles. The monoisotopic (exact) mass is 398 g/mol. The number of benzene rings is 2. The lowest BCUT2D eigenvalue weighted by Crippen LogP contribution is -2.61. The van der Waals surface area contributed by atoms with Crippen molar-refractivity contribution >= 4 is 23.4 Å². The van der Waals surface area contributed by atoms with E-state index in [2.05, 4.69) is 10.6 Å². The number of amides is 3. The Morgan fingerprint density at radius 2 is 1.72 bits per heavy atom. The number of halogens is 1. The van der Waals surface area contributed by atoms with Gasteiger partial charge in [-0.05, 0) is 60.7 Å². The second kappa shape index (κ2) is 8.40. The number of primary amides is 1. The van der Waals surface area contributed by atoms with E-state index in [0.29, 0.717) is 29.7 Å². The first-order valence-corrected chi connectivity index (χ1v) is 9.32. The van der Waals surface area contributed by atoms with Crippen LogP contribution in [0.5, 0.6) is 0 Å². The highest BCUT2D eigenvalue weighted by molar-refractivity contribution is 6.01. The van der Waals surface area contributed by atoms with Crippen LogP contribution in [0.25, 0.3) is 0 Å². The Morgan fingerprint density at radius 3 is 2.28 bits per heavy atom. The molecule has 2 aromatic carbocycles. The molecule has 3 amide bonds. The summed E-state index contributed by atoms with van der Waals surface area (Å²) < 4.78 is 13.0. The lowest BCUT2D eigenvalue weighted by molar-refractivity contribution is -0.127. The van der Waals surface area contributed by atoms with Crippen molar-refractivity contribution < 1.29 is 18.8 Å². The molecule has 0 aromatic heterocycles. The second-order valence-corrected chi connectivity index (χ2v) is 7.23. The molecule has 1 aliphatic carbocycles. The number of carbonyl (C=O) groups excluding carboxylic acids is 3. The maximum Gasteiger partial charge on any atom is 0.252 e. The molecule has 7 nitrogen and oxygen atoms in total. The summed E-state index contributed by atoms with van der Waals surface area (Å²) >= 11 is 0. The summed E-state index contributed by atoms with van der Waals surface area (Å²) in [5.41, 5.74) is 12.1. The molecular formula is C21H23FN4O3. The van der Waals surface area contributed by atoms with Gasteiger partial charge in [0.1, 0.15) is 11.4 Å². The normalized spacial score (nSPS) is 14.6. The number of carbonyl (C=O) groups is 3. The van der Waals surface area contributed by atoms with Crippen LogP contribution < -0.4 is 22.1 Å². The van der Waals surface area contributed by atoms with E-state index in [9.17, 15) is 18.8 Å². The third-order valence-corrected chi connectivity index (χ3v) is 5.08. The van der Waals surface area contributed by atoms with E-state index in [1.807, 2.05) is 0 Å². The van der Waals surface area contributed by atoms with Gasteiger partial charge in [-0.1, -0.05) is 12.1 Å². The summed E-state index contributed by atoms with van der Waals surface area (Å²) in [4.78, 5) is 36.7. The molecule has 0 radical (unpaired) electrons. The SMILES string of the molecule is NCc1cc(NC(=O)Cc2ccc(F)cc2)cc(C(=O)NC2(C(N)=O)CCC2)c1. The molecule has 1 fully saturated rings. The summed E-state index contributed by atoms with van der Waals surface area (Å²) in [5.74, 6) is -1.70. The number of rotatable bonds is 7. The summed E-state index contributed by atoms with van der Waals surface area (Å²) in [6.45, 7) is 0.170. The fourth-order valence-electron chi connectivity index (χ4n) is 3.26. The zero-order chi connectivity index (χ0) is 21.0. The molecule has 3 rings (SSSR count). The number of nitrogens with one attached hydrogen (secondary N) is 2. The molecular weight excluding hydrogens is 375 g/mol. The highest BCUT2D eigenvalue weighted by atomic mass is 19.1. The Labute approximate surface area is 167 Å². The lowest BCUT2D eigenvalue weighted by atomic mass is 9.76. The van der Waals surface area contributed by atoms with E-state index in [1.54, 1.807) is 12.1 Å². The summed E-state index contributed by atoms with van der Waals surface area (Å²) in [7, 11) is 0. The topological polar surface area (TPSA) is 127 Å². The predicted octanol–water partition coefficient (Wildman–Crippen LogP) is 1.60. The zero-order valence-corrected chi connectivity index (χ0v) is 15.8. The van der Waals surface area contributed by atoms with Crippen molar-refractivity contribution in [3.8, 4) is 0 Å². The first-order chi connectivity index (χ1) is 13.8. The van der Waals surface area contributed by atoms with Gasteiger partial charge >= 0.3 is 0 Å². The van der Waals surface area contributed by atoms with E-state index < -0.39 is 17.4 Å². The molecule has 0 atom stereocenters. The van der Waals surface area contributed by atoms with Crippen LogP contribution in [-0.4, -0.2) is 23.3 Å². The fourth-order valence-corrected chi connectivity index (χ4v) is 3.26. The Morgan fingerprint density at radius 1 is 1.03 bits per heavy atom. The van der Waals surface area contributed by atoms with Crippen LogP contribution in [-0.2, 0) is 22.6 Å². The fraction of sp³-hybridized carbons (Fsp3) is 0.286. The van der Waals surface area contributed by atoms with Crippen molar-refractivity contribution in [2.75, 3.05) is 5.32 Å². The molecule has 152 valence electrons. The van der Waals surface area contributed by atoms with Crippen molar-refractivity contribution in [2.24, 2.45) is 11.5 Å². The first-order valence-electron chi connectivity index (χ1n) is 9.32. The minimum Gasteiger partial charge on any atom is -0.368 e. The highest BCUT2D eigenvalue weighted by Gasteiger charge is 2.44. The average Bonchev–Trinajstić information content (AvgIpc) is 2.65. The molecule has 2 aromatic rings. The maximum atomic E-state index is 13.0. The maximum absolute atomic E-state index is 13.0. The van der Waals surface area contributed by atoms with Crippen molar-refractivity contribution in [2.45, 2.75) is 37.8 Å². The van der Waals surface area contributed by atoms with Crippen molar-refractivity contribution in [3.63, 3.8) is 0 Å². The molecule has 0 saturated heterocycles. The van der Waals surface area contributed by atoms with Gasteiger partial charge in [0.2, 0.25) is 11.8 Å². The number of nitrogens with two attached hydrogens (primary N) is 2. The standard InChI is InChI=1S/C21H23FN4O3/c22-16-4-2-13(3-5-16)10-18(27)25-17-9-14(12-23)8-15(11-17)19(28)26-21(20(24)29)6-1-7-21/h2-5,8-9,11H,1,6-7,10,12,23H2,(H2,24,29)(H,25,27)(H,26,28). The third-order valence-electron chi connectivity index (χ3n) is 5.08. The van der Waals surface area contributed by atoms with Gasteiger partial charge in [-0.3, -0.25) is 14.4 Å². The molecule has 29 heavy (non-hydrogen) atoms. The van der Waals surface area contributed by atoms with Crippen LogP contribution in [0.1, 0.15) is 40.7 Å². The quantitative estimate of drug-likeness (QED) is 0.565. The Hall–Kier alpha value is -3.26. The largest absolute Gasteiger partial charge is 0.368 e. The first kappa shape index (κ1) is 20.5. The van der Waals surface area contributed by atoms with Crippen LogP contribution in [0, 0.1) is 5.82 Å². The smallest absolute Gasteiger partial charge is 0.252 e. The Balaban J connectivity index is 1.74. The molecule has 8 heteroatoms. The van der Waals surface area contributed by atoms with Crippen LogP contribution in [0.2, 0.25) is 0 Å². The molecule has 0 spiro atoms. The zero-order valence-electron chi connectivity index (χ0n) is 15.8. The lowest BCUT2D eigenvalue weighted by Gasteiger charge is -2.39. The second-order valence-electron chi connectivity index (χ2n) is 7.23. The molecule has 0 unspecified atom stereocenters. The van der Waals surface area contributed by atoms with Crippen LogP contribution in [0.15, 0.2) is 42.5 Å². The van der Waals surface area contributed by atoms with Gasteiger partial charge < -0.3 is 22.1 Å². The third kappa shape index (κ3) is 4.78. The molecule has 0 bridgehead atoms. The van der Waals surface area contributed by atoms with Gasteiger partial charge in [-0.25, -0.2) is 4.39 Å². The Bertz CT molecular complexity index is 939. The van der Waals surface area contributed by atoms with Crippen LogP contribution in [0.4, 0.5) is 10.1 Å². The Kier molecular flexibility index (Phi) is 5.93. The highest BCUT2D eigenvalue weighted by Crippen LogP contribution is 2.32. The van der Waals surface area contributed by atoms with E-state index in [0.717, 1.165) is 6.42 Å². The number of hydrogen-bond donors (Lipinski definition) is 4. The molecule has 6 N–H and O–H groups in total. The van der Waals surface area contributed by atoms with Gasteiger partial charge in [-0.2, -0.15) is 0 Å². The predicted molar refractivity (Wildman–Crippen MR) is 106 cm³/mol. The van der Waals surface area contributed by atoms with Gasteiger partial charge in [0.25, 0.3) is 5.91 Å². The van der Waals surface area contributed by atoms with Crippen LogP contribution in [0.3, 0.4) is 0 Å². The minimum atomic E-state index is -1.01. The molecule has 0 aliphatic heterocycles. The van der Waals surface area contributed by atoms with Crippen molar-refractivity contribution in [3.05, 3.63) is 65.0 Å². The van der Waals surface area contributed by atoms with E-state index in [4.69, 9.17) is 11.5 Å². The summed E-state index contributed by atoms with van der Waals surface area (Å²) in [6, 6.07) is 10.4. The molecule has 1 saturated carbocycles. The minimum absolute atomic E-state index is 0.0550. The summed E-state index contributed by atoms with van der Waals surface area (Å²) in [6.07, 6.45) is 1.88. The van der Waals surface area contributed by atoms with Crippen molar-refractivity contribution in [1.29, 1.82) is 0 Å². The van der Waals surface area contributed by atoms with Gasteiger partial charge in [0.05, 0.1) is 6.42 Å². The number of hydrogen-bond acceptors (Lipinski definition) is 4. The summed E-state index contributed by atoms with van der Waals surface area (Å²) in [5, 5.41) is 5.45. The van der Waals surface area contributed by atoms with E-state index in [-0.39, 0.29) is 30.3 Å². The van der Waals surface area contributed by atoms with Crippen LogP contribution >= 0.6 is 0 Å². The number of anilines is 1. The van der Waals surface area contributed by atoms with E-state index >= 15 is 0 Å². The molecule has 1 aliphatic rings.